The van der Waals surface area contributed by atoms with E-state index in [1.807, 2.05) is 38.1 Å². The molecular weight excluding hydrogens is 310 g/mol. The Balaban J connectivity index is 1.74. The van der Waals surface area contributed by atoms with Gasteiger partial charge < -0.3 is 9.88 Å². The summed E-state index contributed by atoms with van der Waals surface area (Å²) >= 11 is 0. The number of hydrogen-bond acceptors (Lipinski definition) is 2. The minimum absolute atomic E-state index is 0.0177. The number of nitrogens with zero attached hydrogens (tertiary/aromatic N) is 2. The third-order valence-corrected chi connectivity index (χ3v) is 4.37. The van der Waals surface area contributed by atoms with Crippen molar-refractivity contribution in [1.29, 1.82) is 0 Å². The molecular formula is C21H25N3O. The molecule has 0 bridgehead atoms. The van der Waals surface area contributed by atoms with Gasteiger partial charge in [-0.05, 0) is 30.5 Å². The molecule has 25 heavy (non-hydrogen) atoms. The second-order valence-corrected chi connectivity index (χ2v) is 6.63. The molecule has 0 fully saturated rings. The van der Waals surface area contributed by atoms with Crippen LogP contribution in [-0.2, 0) is 24.3 Å². The number of fused-ring (bicyclic) bond motifs is 1. The van der Waals surface area contributed by atoms with E-state index in [9.17, 15) is 4.79 Å². The number of carbonyl (C=O) groups excluding carboxylic acids is 1. The van der Waals surface area contributed by atoms with Gasteiger partial charge >= 0.3 is 0 Å². The van der Waals surface area contributed by atoms with E-state index < -0.39 is 0 Å². The second-order valence-electron chi connectivity index (χ2n) is 6.63. The molecule has 0 radical (unpaired) electrons. The molecule has 0 aliphatic rings. The van der Waals surface area contributed by atoms with Crippen molar-refractivity contribution in [2.24, 2.45) is 5.92 Å². The summed E-state index contributed by atoms with van der Waals surface area (Å²) in [6.45, 7) is 5.16. The van der Waals surface area contributed by atoms with Crippen LogP contribution >= 0.6 is 0 Å². The summed E-state index contributed by atoms with van der Waals surface area (Å²) in [6, 6.07) is 18.7. The van der Waals surface area contributed by atoms with Crippen molar-refractivity contribution in [1.82, 2.24) is 14.9 Å². The first-order chi connectivity index (χ1) is 12.1. The Labute approximate surface area is 148 Å². The minimum atomic E-state index is -0.0177. The molecule has 0 spiro atoms. The van der Waals surface area contributed by atoms with Gasteiger partial charge in [-0.15, -0.1) is 0 Å². The lowest BCUT2D eigenvalue weighted by atomic mass is 10.1. The number of para-hydroxylation sites is 2. The highest BCUT2D eigenvalue weighted by molar-refractivity contribution is 5.78. The Morgan fingerprint density at radius 3 is 2.56 bits per heavy atom. The molecule has 0 unspecified atom stereocenters. The molecule has 1 aromatic heterocycles. The van der Waals surface area contributed by atoms with E-state index in [-0.39, 0.29) is 11.8 Å². The molecule has 0 aliphatic heterocycles. The SMILES string of the molecule is CC(C)C(=O)NCc1nc2ccccc2n1CCCc1ccccc1. The molecule has 0 saturated carbocycles. The lowest BCUT2D eigenvalue weighted by molar-refractivity contribution is -0.124. The molecule has 0 atom stereocenters. The summed E-state index contributed by atoms with van der Waals surface area (Å²) in [5.41, 5.74) is 3.46. The van der Waals surface area contributed by atoms with E-state index in [0.29, 0.717) is 6.54 Å². The smallest absolute Gasteiger partial charge is 0.222 e. The standard InChI is InChI=1S/C21H25N3O/c1-16(2)21(25)22-15-20-23-18-12-6-7-13-19(18)24(20)14-8-11-17-9-4-3-5-10-17/h3-7,9-10,12-13,16H,8,11,14-15H2,1-2H3,(H,22,25). The van der Waals surface area contributed by atoms with Crippen molar-refractivity contribution in [3.05, 3.63) is 66.0 Å². The molecule has 0 aliphatic carbocycles. The predicted molar refractivity (Wildman–Crippen MR) is 101 cm³/mol. The van der Waals surface area contributed by atoms with Crippen molar-refractivity contribution in [3.8, 4) is 0 Å². The monoisotopic (exact) mass is 335 g/mol. The molecule has 1 N–H and O–H groups in total. The zero-order chi connectivity index (χ0) is 17.6. The van der Waals surface area contributed by atoms with Gasteiger partial charge in [0.2, 0.25) is 5.91 Å². The van der Waals surface area contributed by atoms with Crippen LogP contribution in [0.15, 0.2) is 54.6 Å². The Morgan fingerprint density at radius 1 is 1.08 bits per heavy atom. The molecule has 4 nitrogen and oxygen atoms in total. The van der Waals surface area contributed by atoms with Crippen molar-refractivity contribution >= 4 is 16.9 Å². The summed E-state index contributed by atoms with van der Waals surface area (Å²) < 4.78 is 2.24. The van der Waals surface area contributed by atoms with Gasteiger partial charge in [0, 0.05) is 12.5 Å². The number of nitrogens with one attached hydrogen (secondary N) is 1. The molecule has 4 heteroatoms. The first kappa shape index (κ1) is 17.2. The van der Waals surface area contributed by atoms with Crippen LogP contribution in [0.25, 0.3) is 11.0 Å². The summed E-state index contributed by atoms with van der Waals surface area (Å²) in [5, 5.41) is 2.99. The lowest BCUT2D eigenvalue weighted by Gasteiger charge is -2.11. The summed E-state index contributed by atoms with van der Waals surface area (Å²) in [7, 11) is 0. The molecule has 1 amide bonds. The molecule has 2 aromatic carbocycles. The molecule has 1 heterocycles. The van der Waals surface area contributed by atoms with E-state index in [0.717, 1.165) is 36.2 Å². The number of benzene rings is 2. The number of aromatic nitrogens is 2. The van der Waals surface area contributed by atoms with Gasteiger partial charge in [-0.3, -0.25) is 4.79 Å². The average Bonchev–Trinajstić information content (AvgIpc) is 2.98. The van der Waals surface area contributed by atoms with E-state index in [1.54, 1.807) is 0 Å². The number of imidazole rings is 1. The minimum Gasteiger partial charge on any atom is -0.349 e. The van der Waals surface area contributed by atoms with E-state index in [2.05, 4.69) is 40.2 Å². The van der Waals surface area contributed by atoms with Crippen LogP contribution in [0.1, 0.15) is 31.7 Å². The number of rotatable bonds is 7. The van der Waals surface area contributed by atoms with Gasteiger partial charge in [0.25, 0.3) is 0 Å². The van der Waals surface area contributed by atoms with Crippen LogP contribution in [0.3, 0.4) is 0 Å². The number of aryl methyl sites for hydroxylation is 2. The normalized spacial score (nSPS) is 11.2. The van der Waals surface area contributed by atoms with Crippen LogP contribution in [0, 0.1) is 5.92 Å². The van der Waals surface area contributed by atoms with E-state index in [4.69, 9.17) is 4.98 Å². The quantitative estimate of drug-likeness (QED) is 0.711. The average molecular weight is 335 g/mol. The fourth-order valence-electron chi connectivity index (χ4n) is 2.97. The first-order valence-corrected chi connectivity index (χ1v) is 8.91. The van der Waals surface area contributed by atoms with Crippen LogP contribution in [0.2, 0.25) is 0 Å². The Kier molecular flexibility index (Phi) is 5.49. The Bertz CT molecular complexity index is 837. The summed E-state index contributed by atoms with van der Waals surface area (Å²) in [6.07, 6.45) is 2.07. The van der Waals surface area contributed by atoms with Crippen molar-refractivity contribution in [2.75, 3.05) is 0 Å². The molecule has 0 saturated heterocycles. The molecule has 3 rings (SSSR count). The van der Waals surface area contributed by atoms with Gasteiger partial charge in [0.1, 0.15) is 5.82 Å². The Morgan fingerprint density at radius 2 is 1.80 bits per heavy atom. The van der Waals surface area contributed by atoms with Crippen molar-refractivity contribution in [3.63, 3.8) is 0 Å². The highest BCUT2D eigenvalue weighted by Crippen LogP contribution is 2.17. The molecule has 130 valence electrons. The summed E-state index contributed by atoms with van der Waals surface area (Å²) in [5.74, 6) is 0.960. The largest absolute Gasteiger partial charge is 0.349 e. The fourth-order valence-corrected chi connectivity index (χ4v) is 2.97. The van der Waals surface area contributed by atoms with Gasteiger partial charge in [-0.25, -0.2) is 4.98 Å². The predicted octanol–water partition coefficient (Wildman–Crippen LogP) is 3.94. The third-order valence-electron chi connectivity index (χ3n) is 4.37. The number of amides is 1. The van der Waals surface area contributed by atoms with Gasteiger partial charge in [-0.1, -0.05) is 56.3 Å². The van der Waals surface area contributed by atoms with Crippen molar-refractivity contribution in [2.45, 2.75) is 39.8 Å². The van der Waals surface area contributed by atoms with Gasteiger partial charge in [0.05, 0.1) is 17.6 Å². The van der Waals surface area contributed by atoms with Crippen LogP contribution in [0.4, 0.5) is 0 Å². The first-order valence-electron chi connectivity index (χ1n) is 8.91. The van der Waals surface area contributed by atoms with Crippen LogP contribution < -0.4 is 5.32 Å². The maximum absolute atomic E-state index is 11.9. The zero-order valence-corrected chi connectivity index (χ0v) is 14.9. The highest BCUT2D eigenvalue weighted by atomic mass is 16.1. The van der Waals surface area contributed by atoms with Crippen LogP contribution in [-0.4, -0.2) is 15.5 Å². The second kappa shape index (κ2) is 7.97. The number of hydrogen-bond donors (Lipinski definition) is 1. The van der Waals surface area contributed by atoms with E-state index >= 15 is 0 Å². The van der Waals surface area contributed by atoms with Crippen LogP contribution in [0.5, 0.6) is 0 Å². The number of carbonyl (C=O) groups is 1. The summed E-state index contributed by atoms with van der Waals surface area (Å²) in [4.78, 5) is 16.6. The lowest BCUT2D eigenvalue weighted by Crippen LogP contribution is -2.28. The maximum atomic E-state index is 11.9. The zero-order valence-electron chi connectivity index (χ0n) is 14.9. The molecule has 3 aromatic rings. The third kappa shape index (κ3) is 4.27. The van der Waals surface area contributed by atoms with Gasteiger partial charge in [-0.2, -0.15) is 0 Å². The van der Waals surface area contributed by atoms with Gasteiger partial charge in [0.15, 0.2) is 0 Å². The Hall–Kier alpha value is -2.62. The fraction of sp³-hybridized carbons (Fsp3) is 0.333. The van der Waals surface area contributed by atoms with Crippen molar-refractivity contribution < 1.29 is 4.79 Å². The topological polar surface area (TPSA) is 46.9 Å². The maximum Gasteiger partial charge on any atom is 0.222 e. The van der Waals surface area contributed by atoms with E-state index in [1.165, 1.54) is 5.56 Å². The highest BCUT2D eigenvalue weighted by Gasteiger charge is 2.12.